The molecule has 1 aromatic rings. The maximum atomic E-state index is 12.5. The topological polar surface area (TPSA) is 40.5 Å². The molecule has 2 rings (SSSR count). The fraction of sp³-hybridized carbons (Fsp3) is 0.526. The molecule has 1 aliphatic rings. The van der Waals surface area contributed by atoms with Gasteiger partial charge in [-0.3, -0.25) is 4.79 Å². The Kier molecular flexibility index (Phi) is 5.78. The third-order valence-corrected chi connectivity index (χ3v) is 4.91. The van der Waals surface area contributed by atoms with E-state index in [1.54, 1.807) is 0 Å². The fourth-order valence-corrected chi connectivity index (χ4v) is 3.03. The molecule has 1 unspecified atom stereocenters. The number of aliphatic hydroxyl groups excluding tert-OH is 1. The number of nitrogens with zero attached hydrogens (tertiary/aromatic N) is 1. The van der Waals surface area contributed by atoms with Crippen LogP contribution in [-0.2, 0) is 4.79 Å². The first-order chi connectivity index (χ1) is 10.5. The minimum Gasteiger partial charge on any atom is -0.388 e. The first kappa shape index (κ1) is 16.8. The summed E-state index contributed by atoms with van der Waals surface area (Å²) in [5.41, 5.74) is 3.02. The summed E-state index contributed by atoms with van der Waals surface area (Å²) >= 11 is 0. The second kappa shape index (κ2) is 7.59. The Morgan fingerprint density at radius 1 is 1.23 bits per heavy atom. The lowest BCUT2D eigenvalue weighted by Crippen LogP contribution is -2.40. The summed E-state index contributed by atoms with van der Waals surface area (Å²) in [6, 6.07) is 9.82. The molecular formula is C19H27NO2. The van der Waals surface area contributed by atoms with Crippen LogP contribution in [0.25, 0.3) is 0 Å². The van der Waals surface area contributed by atoms with Crippen LogP contribution >= 0.6 is 0 Å². The molecule has 0 saturated carbocycles. The van der Waals surface area contributed by atoms with Crippen LogP contribution in [0.4, 0.5) is 0 Å². The van der Waals surface area contributed by atoms with Gasteiger partial charge in [-0.1, -0.05) is 42.8 Å². The Morgan fingerprint density at radius 3 is 2.36 bits per heavy atom. The molecule has 0 bridgehead atoms. The van der Waals surface area contributed by atoms with Gasteiger partial charge in [0.05, 0.1) is 6.10 Å². The number of allylic oxidation sites excluding steroid dienone is 1. The summed E-state index contributed by atoms with van der Waals surface area (Å²) in [5.74, 6) is 0.398. The van der Waals surface area contributed by atoms with Crippen LogP contribution in [0, 0.1) is 5.92 Å². The zero-order valence-electron chi connectivity index (χ0n) is 13.9. The standard InChI is InChI=1S/C19H27NO2/c1-4-14(2)15(3)19(22)20-12-10-17(11-13-20)18(21)16-8-6-5-7-9-16/h5-9,17-18,21H,4,10-13H2,1-3H3/b15-14-. The van der Waals surface area contributed by atoms with Crippen LogP contribution in [0.5, 0.6) is 0 Å². The highest BCUT2D eigenvalue weighted by Gasteiger charge is 2.28. The molecular weight excluding hydrogens is 274 g/mol. The van der Waals surface area contributed by atoms with Crippen LogP contribution in [0.2, 0.25) is 0 Å². The summed E-state index contributed by atoms with van der Waals surface area (Å²) in [6.45, 7) is 7.50. The highest BCUT2D eigenvalue weighted by atomic mass is 16.3. The molecule has 1 aliphatic heterocycles. The largest absolute Gasteiger partial charge is 0.388 e. The van der Waals surface area contributed by atoms with Gasteiger partial charge in [-0.05, 0) is 44.6 Å². The monoisotopic (exact) mass is 301 g/mol. The minimum absolute atomic E-state index is 0.159. The lowest BCUT2D eigenvalue weighted by Gasteiger charge is -2.34. The van der Waals surface area contributed by atoms with E-state index in [1.165, 1.54) is 0 Å². The normalized spacial score (nSPS) is 18.8. The quantitative estimate of drug-likeness (QED) is 0.861. The van der Waals surface area contributed by atoms with Crippen molar-refractivity contribution < 1.29 is 9.90 Å². The zero-order valence-corrected chi connectivity index (χ0v) is 13.9. The molecule has 1 saturated heterocycles. The molecule has 3 heteroatoms. The van der Waals surface area contributed by atoms with Crippen molar-refractivity contribution in [1.29, 1.82) is 0 Å². The van der Waals surface area contributed by atoms with Gasteiger partial charge >= 0.3 is 0 Å². The maximum Gasteiger partial charge on any atom is 0.249 e. The minimum atomic E-state index is -0.424. The molecule has 0 radical (unpaired) electrons. The van der Waals surface area contributed by atoms with Crippen molar-refractivity contribution in [2.75, 3.05) is 13.1 Å². The Bertz CT molecular complexity index is 528. The number of carbonyl (C=O) groups excluding carboxylic acids is 1. The van der Waals surface area contributed by atoms with Crippen LogP contribution < -0.4 is 0 Å². The number of hydrogen-bond donors (Lipinski definition) is 1. The smallest absolute Gasteiger partial charge is 0.249 e. The lowest BCUT2D eigenvalue weighted by atomic mass is 9.87. The van der Waals surface area contributed by atoms with E-state index in [0.717, 1.165) is 49.1 Å². The average Bonchev–Trinajstić information content (AvgIpc) is 2.60. The molecule has 120 valence electrons. The van der Waals surface area contributed by atoms with Crippen molar-refractivity contribution in [1.82, 2.24) is 4.90 Å². The fourth-order valence-electron chi connectivity index (χ4n) is 3.03. The van der Waals surface area contributed by atoms with Gasteiger partial charge in [0, 0.05) is 18.7 Å². The van der Waals surface area contributed by atoms with Crippen molar-refractivity contribution >= 4 is 5.91 Å². The van der Waals surface area contributed by atoms with Crippen LogP contribution in [0.15, 0.2) is 41.5 Å². The number of piperidine rings is 1. The third kappa shape index (κ3) is 3.77. The molecule has 1 heterocycles. The van der Waals surface area contributed by atoms with E-state index < -0.39 is 6.10 Å². The average molecular weight is 301 g/mol. The van der Waals surface area contributed by atoms with Gasteiger partial charge in [-0.2, -0.15) is 0 Å². The predicted octanol–water partition coefficient (Wildman–Crippen LogP) is 3.71. The van der Waals surface area contributed by atoms with Gasteiger partial charge in [0.25, 0.3) is 0 Å². The van der Waals surface area contributed by atoms with Gasteiger partial charge in [0.2, 0.25) is 5.91 Å². The molecule has 0 aliphatic carbocycles. The number of carbonyl (C=O) groups is 1. The van der Waals surface area contributed by atoms with Crippen LogP contribution in [0.3, 0.4) is 0 Å². The first-order valence-electron chi connectivity index (χ1n) is 8.23. The van der Waals surface area contributed by atoms with E-state index in [9.17, 15) is 9.90 Å². The van der Waals surface area contributed by atoms with Crippen LogP contribution in [0.1, 0.15) is 51.7 Å². The number of benzene rings is 1. The Balaban J connectivity index is 1.95. The highest BCUT2D eigenvalue weighted by Crippen LogP contribution is 2.31. The van der Waals surface area contributed by atoms with Gasteiger partial charge in [-0.15, -0.1) is 0 Å². The Hall–Kier alpha value is -1.61. The molecule has 0 aromatic heterocycles. The molecule has 1 atom stereocenters. The summed E-state index contributed by atoms with van der Waals surface area (Å²) in [4.78, 5) is 14.4. The van der Waals surface area contributed by atoms with Crippen molar-refractivity contribution in [3.63, 3.8) is 0 Å². The van der Waals surface area contributed by atoms with E-state index in [-0.39, 0.29) is 11.8 Å². The molecule has 0 spiro atoms. The second-order valence-electron chi connectivity index (χ2n) is 6.24. The summed E-state index contributed by atoms with van der Waals surface area (Å²) in [5, 5.41) is 10.5. The Morgan fingerprint density at radius 2 is 1.82 bits per heavy atom. The molecule has 1 N–H and O–H groups in total. The van der Waals surface area contributed by atoms with E-state index >= 15 is 0 Å². The number of hydrogen-bond acceptors (Lipinski definition) is 2. The molecule has 3 nitrogen and oxygen atoms in total. The number of amides is 1. The van der Waals surface area contributed by atoms with Gasteiger partial charge in [0.15, 0.2) is 0 Å². The number of rotatable bonds is 4. The number of aliphatic hydroxyl groups is 1. The summed E-state index contributed by atoms with van der Waals surface area (Å²) < 4.78 is 0. The molecule has 1 fully saturated rings. The van der Waals surface area contributed by atoms with Crippen molar-refractivity contribution in [3.8, 4) is 0 Å². The third-order valence-electron chi connectivity index (χ3n) is 4.91. The second-order valence-corrected chi connectivity index (χ2v) is 6.24. The SMILES string of the molecule is CC/C(C)=C(/C)C(=O)N1CCC(C(O)c2ccccc2)CC1. The molecule has 22 heavy (non-hydrogen) atoms. The summed E-state index contributed by atoms with van der Waals surface area (Å²) in [7, 11) is 0. The first-order valence-corrected chi connectivity index (χ1v) is 8.23. The van der Waals surface area contributed by atoms with E-state index in [0.29, 0.717) is 0 Å². The van der Waals surface area contributed by atoms with E-state index in [4.69, 9.17) is 0 Å². The predicted molar refractivity (Wildman–Crippen MR) is 89.4 cm³/mol. The number of likely N-dealkylation sites (tertiary alicyclic amines) is 1. The summed E-state index contributed by atoms with van der Waals surface area (Å²) in [6.07, 6.45) is 2.22. The van der Waals surface area contributed by atoms with Crippen LogP contribution in [-0.4, -0.2) is 29.0 Å². The van der Waals surface area contributed by atoms with Gasteiger partial charge < -0.3 is 10.0 Å². The van der Waals surface area contributed by atoms with Crippen molar-refractivity contribution in [3.05, 3.63) is 47.0 Å². The van der Waals surface area contributed by atoms with E-state index in [2.05, 4.69) is 6.92 Å². The lowest BCUT2D eigenvalue weighted by molar-refractivity contribution is -0.129. The maximum absolute atomic E-state index is 12.5. The zero-order chi connectivity index (χ0) is 16.1. The molecule has 1 aromatic carbocycles. The van der Waals surface area contributed by atoms with Gasteiger partial charge in [0.1, 0.15) is 0 Å². The van der Waals surface area contributed by atoms with Crippen molar-refractivity contribution in [2.45, 2.75) is 46.1 Å². The van der Waals surface area contributed by atoms with Gasteiger partial charge in [-0.25, -0.2) is 0 Å². The van der Waals surface area contributed by atoms with Crippen molar-refractivity contribution in [2.24, 2.45) is 5.92 Å². The van der Waals surface area contributed by atoms with E-state index in [1.807, 2.05) is 49.1 Å². The highest BCUT2D eigenvalue weighted by molar-refractivity contribution is 5.93. The Labute approximate surface area is 133 Å². The molecule has 1 amide bonds.